The number of nitrogens with two attached hydrogens (primary N) is 2. The van der Waals surface area contributed by atoms with Crippen LogP contribution in [0.25, 0.3) is 0 Å². The molecule has 2 aromatic carbocycles. The number of nitrogen functional groups attached to an aromatic ring is 2. The summed E-state index contributed by atoms with van der Waals surface area (Å²) in [7, 11) is 0. The van der Waals surface area contributed by atoms with Gasteiger partial charge in [-0.3, -0.25) is 19.6 Å². The van der Waals surface area contributed by atoms with E-state index in [-0.39, 0.29) is 14.9 Å². The molecule has 0 aromatic heterocycles. The number of hydrogen-bond donors (Lipinski definition) is 4. The molecule has 0 bridgehead atoms. The first-order valence-corrected chi connectivity index (χ1v) is 14.1. The Bertz CT molecular complexity index is 904. The molecule has 0 radical (unpaired) electrons. The molecule has 8 nitrogen and oxygen atoms in total. The van der Waals surface area contributed by atoms with Crippen LogP contribution >= 0.6 is 0 Å². The number of benzene rings is 2. The van der Waals surface area contributed by atoms with E-state index in [2.05, 4.69) is 68.3 Å². The van der Waals surface area contributed by atoms with E-state index in [1.807, 2.05) is 12.1 Å². The Kier molecular flexibility index (Phi) is 13.9. The lowest BCUT2D eigenvalue weighted by atomic mass is 10.2. The second kappa shape index (κ2) is 16.6. The molecule has 2 saturated heterocycles. The third kappa shape index (κ3) is 10.5. The summed E-state index contributed by atoms with van der Waals surface area (Å²) in [6.07, 6.45) is 3.59. The second-order valence-corrected chi connectivity index (χ2v) is 10.8. The Morgan fingerprint density at radius 3 is 1.31 bits per heavy atom. The predicted molar refractivity (Wildman–Crippen MR) is 172 cm³/mol. The fraction of sp³-hybridized carbons (Fsp3) is 0.613. The second-order valence-electron chi connectivity index (χ2n) is 10.8. The van der Waals surface area contributed by atoms with Gasteiger partial charge in [0.1, 0.15) is 0 Å². The van der Waals surface area contributed by atoms with Gasteiger partial charge in [0, 0.05) is 88.2 Å². The van der Waals surface area contributed by atoms with Gasteiger partial charge in [0.2, 0.25) is 0 Å². The minimum absolute atomic E-state index is 0. The molecular weight excluding hydrogens is 484 g/mol. The first kappa shape index (κ1) is 32.7. The van der Waals surface area contributed by atoms with E-state index in [9.17, 15) is 0 Å². The monoisotopic (exact) mass is 540 g/mol. The van der Waals surface area contributed by atoms with Crippen LogP contribution in [0.3, 0.4) is 0 Å². The number of hydrogen-bond acceptors (Lipinski definition) is 8. The molecule has 2 fully saturated rings. The lowest BCUT2D eigenvalue weighted by Crippen LogP contribution is -2.31. The van der Waals surface area contributed by atoms with Crippen molar-refractivity contribution in [3.05, 3.63) is 47.5 Å². The summed E-state index contributed by atoms with van der Waals surface area (Å²) in [6, 6.07) is 12.4. The molecule has 0 spiro atoms. The van der Waals surface area contributed by atoms with Crippen LogP contribution in [0, 0.1) is 13.8 Å². The average molecular weight is 541 g/mol. The number of rotatable bonds is 14. The van der Waals surface area contributed by atoms with Crippen molar-refractivity contribution in [1.82, 2.24) is 19.6 Å². The maximum atomic E-state index is 5.91. The van der Waals surface area contributed by atoms with E-state index in [0.717, 1.165) is 74.9 Å². The third-order valence-electron chi connectivity index (χ3n) is 7.71. The summed E-state index contributed by atoms with van der Waals surface area (Å²) in [6.45, 7) is 17.9. The number of nitrogens with one attached hydrogen (secondary N) is 2. The van der Waals surface area contributed by atoms with Crippen LogP contribution < -0.4 is 22.1 Å². The van der Waals surface area contributed by atoms with Crippen molar-refractivity contribution in [2.45, 2.75) is 48.0 Å². The van der Waals surface area contributed by atoms with Crippen molar-refractivity contribution in [2.75, 3.05) is 101 Å². The van der Waals surface area contributed by atoms with E-state index < -0.39 is 0 Å². The molecule has 39 heavy (non-hydrogen) atoms. The van der Waals surface area contributed by atoms with Crippen molar-refractivity contribution in [3.8, 4) is 0 Å². The molecule has 2 heterocycles. The van der Waals surface area contributed by atoms with Crippen molar-refractivity contribution in [2.24, 2.45) is 0 Å². The van der Waals surface area contributed by atoms with Crippen LogP contribution in [0.15, 0.2) is 36.4 Å². The van der Waals surface area contributed by atoms with Gasteiger partial charge in [-0.2, -0.15) is 0 Å². The van der Waals surface area contributed by atoms with Crippen LogP contribution in [0.5, 0.6) is 0 Å². The highest BCUT2D eigenvalue weighted by Crippen LogP contribution is 2.18. The van der Waals surface area contributed by atoms with Crippen LogP contribution in [-0.2, 0) is 0 Å². The van der Waals surface area contributed by atoms with Gasteiger partial charge in [0.05, 0.1) is 13.3 Å². The van der Waals surface area contributed by atoms with Crippen molar-refractivity contribution < 1.29 is 0 Å². The summed E-state index contributed by atoms with van der Waals surface area (Å²) in [4.78, 5) is 10.4. The molecule has 2 aromatic rings. The maximum absolute atomic E-state index is 5.91. The fourth-order valence-electron chi connectivity index (χ4n) is 5.30. The molecule has 2 aliphatic rings. The zero-order valence-electron chi connectivity index (χ0n) is 23.0. The van der Waals surface area contributed by atoms with Gasteiger partial charge in [0.25, 0.3) is 0 Å². The van der Waals surface area contributed by atoms with Crippen LogP contribution in [-0.4, -0.2) is 98.4 Å². The molecule has 220 valence electrons. The molecule has 6 N–H and O–H groups in total. The van der Waals surface area contributed by atoms with E-state index in [0.29, 0.717) is 0 Å². The van der Waals surface area contributed by atoms with Crippen LogP contribution in [0.4, 0.5) is 22.7 Å². The Morgan fingerprint density at radius 2 is 0.949 bits per heavy atom. The first-order valence-electron chi connectivity index (χ1n) is 14.1. The molecule has 0 saturated carbocycles. The molecular formula is C31H56N8. The standard InChI is InChI=1S/C29H48N8.2CH4/c1-24-20-26(6-8-28(24)30)32-10-3-12-34-16-18-36(22-34)14-5-15-37-19-17-35(23-37)13-4-11-33-27-7-9-29(31)25(2)21-27;;/h6-9,20-21,32-33H,3-5,10-19,22-23,30-31H2,1-2H3;2*1H4. The molecule has 2 aliphatic heterocycles. The van der Waals surface area contributed by atoms with Crippen molar-refractivity contribution in [3.63, 3.8) is 0 Å². The highest BCUT2D eigenvalue weighted by atomic mass is 15.4. The number of anilines is 4. The maximum Gasteiger partial charge on any atom is 0.0507 e. The van der Waals surface area contributed by atoms with E-state index >= 15 is 0 Å². The Morgan fingerprint density at radius 1 is 0.590 bits per heavy atom. The molecule has 0 unspecified atom stereocenters. The first-order chi connectivity index (χ1) is 18.0. The predicted octanol–water partition coefficient (Wildman–Crippen LogP) is 4.58. The minimum Gasteiger partial charge on any atom is -0.399 e. The Balaban J connectivity index is 0.00000267. The minimum atomic E-state index is 0. The lowest BCUT2D eigenvalue weighted by molar-refractivity contribution is 0.214. The molecule has 0 aliphatic carbocycles. The molecule has 8 heteroatoms. The van der Waals surface area contributed by atoms with Gasteiger partial charge < -0.3 is 22.1 Å². The van der Waals surface area contributed by atoms with Gasteiger partial charge in [-0.05, 0) is 80.6 Å². The highest BCUT2D eigenvalue weighted by molar-refractivity contribution is 5.57. The van der Waals surface area contributed by atoms with Crippen molar-refractivity contribution in [1.29, 1.82) is 0 Å². The topological polar surface area (TPSA) is 89.1 Å². The largest absolute Gasteiger partial charge is 0.399 e. The van der Waals surface area contributed by atoms with Gasteiger partial charge in [-0.15, -0.1) is 0 Å². The molecule has 4 rings (SSSR count). The van der Waals surface area contributed by atoms with E-state index in [4.69, 9.17) is 11.5 Å². The van der Waals surface area contributed by atoms with Crippen molar-refractivity contribution >= 4 is 22.7 Å². The highest BCUT2D eigenvalue weighted by Gasteiger charge is 2.21. The normalized spacial score (nSPS) is 16.7. The van der Waals surface area contributed by atoms with Gasteiger partial charge in [-0.25, -0.2) is 0 Å². The van der Waals surface area contributed by atoms with Gasteiger partial charge in [0.15, 0.2) is 0 Å². The third-order valence-corrected chi connectivity index (χ3v) is 7.71. The zero-order chi connectivity index (χ0) is 26.0. The fourth-order valence-corrected chi connectivity index (χ4v) is 5.30. The number of nitrogens with zero attached hydrogens (tertiary/aromatic N) is 4. The lowest BCUT2D eigenvalue weighted by Gasteiger charge is -2.21. The quantitative estimate of drug-likeness (QED) is 0.205. The zero-order valence-corrected chi connectivity index (χ0v) is 23.0. The van der Waals surface area contributed by atoms with E-state index in [1.165, 1.54) is 57.1 Å². The van der Waals surface area contributed by atoms with E-state index in [1.54, 1.807) is 0 Å². The van der Waals surface area contributed by atoms with Crippen LogP contribution in [0.2, 0.25) is 0 Å². The summed E-state index contributed by atoms with van der Waals surface area (Å²) < 4.78 is 0. The Hall–Kier alpha value is -2.52. The van der Waals surface area contributed by atoms with Gasteiger partial charge in [-0.1, -0.05) is 14.9 Å². The van der Waals surface area contributed by atoms with Gasteiger partial charge >= 0.3 is 0 Å². The van der Waals surface area contributed by atoms with Crippen LogP contribution in [0.1, 0.15) is 45.2 Å². The smallest absolute Gasteiger partial charge is 0.0507 e. The summed E-state index contributed by atoms with van der Waals surface area (Å²) in [5.74, 6) is 0. The summed E-state index contributed by atoms with van der Waals surface area (Å²) in [5.41, 5.74) is 18.2. The average Bonchev–Trinajstić information content (AvgIpc) is 3.53. The summed E-state index contributed by atoms with van der Waals surface area (Å²) in [5, 5.41) is 7.06. The molecule has 0 atom stereocenters. The number of aryl methyl sites for hydroxylation is 2. The SMILES string of the molecule is C.C.Cc1cc(NCCCN2CCN(CCCN3CCN(CCCNc4ccc(N)c(C)c4)C3)C2)ccc1N. The molecule has 0 amide bonds. The summed E-state index contributed by atoms with van der Waals surface area (Å²) >= 11 is 0. The Labute approximate surface area is 238 Å².